The molecule has 0 aliphatic carbocycles. The zero-order chi connectivity index (χ0) is 21.4. The van der Waals surface area contributed by atoms with Crippen LogP contribution in [0.15, 0.2) is 57.8 Å². The highest BCUT2D eigenvalue weighted by atomic mass is 79.9. The van der Waals surface area contributed by atoms with Crippen LogP contribution < -0.4 is 10.3 Å². The summed E-state index contributed by atoms with van der Waals surface area (Å²) in [7, 11) is 3.04. The molecule has 8 heteroatoms. The summed E-state index contributed by atoms with van der Waals surface area (Å²) in [6.45, 7) is 0.385. The second-order valence-electron chi connectivity index (χ2n) is 7.15. The predicted octanol–water partition coefficient (Wildman–Crippen LogP) is 3.26. The zero-order valence-electron chi connectivity index (χ0n) is 16.5. The zero-order valence-corrected chi connectivity index (χ0v) is 18.1. The van der Waals surface area contributed by atoms with E-state index in [1.54, 1.807) is 7.05 Å². The third-order valence-corrected chi connectivity index (χ3v) is 5.98. The molecule has 1 N–H and O–H groups in total. The fourth-order valence-electron chi connectivity index (χ4n) is 3.90. The summed E-state index contributed by atoms with van der Waals surface area (Å²) >= 11 is 3.62. The van der Waals surface area contributed by atoms with Crippen molar-refractivity contribution in [2.24, 2.45) is 0 Å². The van der Waals surface area contributed by atoms with E-state index in [-0.39, 0.29) is 17.7 Å². The summed E-state index contributed by atoms with van der Waals surface area (Å²) in [5.41, 5.74) is 2.20. The topological polar surface area (TPSA) is 84.7 Å². The van der Waals surface area contributed by atoms with E-state index in [1.165, 1.54) is 16.6 Å². The van der Waals surface area contributed by atoms with Crippen molar-refractivity contribution in [3.63, 3.8) is 0 Å². The summed E-state index contributed by atoms with van der Waals surface area (Å²) < 4.78 is 7.81. The van der Waals surface area contributed by atoms with Crippen LogP contribution in [-0.4, -0.2) is 46.2 Å². The molecule has 0 radical (unpaired) electrons. The largest absolute Gasteiger partial charge is 0.501 e. The first-order valence-corrected chi connectivity index (χ1v) is 10.2. The van der Waals surface area contributed by atoms with Crippen LogP contribution in [-0.2, 0) is 6.42 Å². The van der Waals surface area contributed by atoms with Crippen LogP contribution >= 0.6 is 15.9 Å². The normalized spacial score (nSPS) is 15.8. The fourth-order valence-corrected chi connectivity index (χ4v) is 4.40. The van der Waals surface area contributed by atoms with Crippen molar-refractivity contribution in [3.8, 4) is 22.9 Å². The van der Waals surface area contributed by atoms with Gasteiger partial charge in [-0.1, -0.05) is 58.4 Å². The van der Waals surface area contributed by atoms with E-state index in [2.05, 4.69) is 20.9 Å². The molecule has 1 amide bonds. The smallest absolute Gasteiger partial charge is 0.318 e. The van der Waals surface area contributed by atoms with Gasteiger partial charge < -0.3 is 14.7 Å². The molecule has 154 valence electrons. The van der Waals surface area contributed by atoms with E-state index in [0.717, 1.165) is 21.2 Å². The fraction of sp³-hybridized carbons (Fsp3) is 0.227. The Morgan fingerprint density at radius 3 is 2.50 bits per heavy atom. The maximum atomic E-state index is 12.7. The number of rotatable bonds is 4. The molecule has 1 aliphatic heterocycles. The standard InChI is InChI=1S/C22H20BrN3O4/c1-25-12-14(26-18(21(25)29)19(27)20(28)24-22(26)30-2)11-13-7-3-4-8-15(13)16-9-5-6-10-17(16)23/h3-10,14,27H,11-12H2,1-2H3. The van der Waals surface area contributed by atoms with E-state index in [0.29, 0.717) is 13.0 Å². The Balaban J connectivity index is 1.85. The second-order valence-corrected chi connectivity index (χ2v) is 8.01. The minimum Gasteiger partial charge on any atom is -0.501 e. The van der Waals surface area contributed by atoms with Gasteiger partial charge in [-0.25, -0.2) is 0 Å². The Hall–Kier alpha value is -3.13. The van der Waals surface area contributed by atoms with Gasteiger partial charge in [0.05, 0.1) is 13.2 Å². The van der Waals surface area contributed by atoms with Crippen molar-refractivity contribution in [2.45, 2.75) is 12.5 Å². The molecule has 1 aromatic heterocycles. The van der Waals surface area contributed by atoms with E-state index in [9.17, 15) is 14.7 Å². The van der Waals surface area contributed by atoms with Crippen molar-refractivity contribution in [2.75, 3.05) is 20.7 Å². The number of carbonyl (C=O) groups excluding carboxylic acids is 1. The number of hydrogen-bond acceptors (Lipinski definition) is 5. The van der Waals surface area contributed by atoms with Crippen LogP contribution in [0.3, 0.4) is 0 Å². The summed E-state index contributed by atoms with van der Waals surface area (Å²) in [5.74, 6) is -1.10. The molecule has 0 bridgehead atoms. The van der Waals surface area contributed by atoms with Crippen molar-refractivity contribution in [1.82, 2.24) is 14.5 Å². The number of benzene rings is 2. The van der Waals surface area contributed by atoms with Crippen molar-refractivity contribution >= 4 is 21.8 Å². The maximum absolute atomic E-state index is 12.7. The van der Waals surface area contributed by atoms with Gasteiger partial charge in [-0.2, -0.15) is 4.98 Å². The Kier molecular flexibility index (Phi) is 5.34. The van der Waals surface area contributed by atoms with Gasteiger partial charge in [-0.3, -0.25) is 14.2 Å². The second kappa shape index (κ2) is 7.95. The third kappa shape index (κ3) is 3.37. The lowest BCUT2D eigenvalue weighted by Gasteiger charge is -2.35. The van der Waals surface area contributed by atoms with E-state index in [1.807, 2.05) is 48.5 Å². The molecule has 0 fully saturated rings. The Bertz CT molecular complexity index is 1190. The van der Waals surface area contributed by atoms with Crippen molar-refractivity contribution in [3.05, 3.63) is 74.6 Å². The minimum atomic E-state index is -0.880. The summed E-state index contributed by atoms with van der Waals surface area (Å²) in [5, 5.41) is 10.3. The number of likely N-dealkylation sites (N-methyl/N-ethyl adjacent to an activating group) is 1. The molecule has 1 unspecified atom stereocenters. The van der Waals surface area contributed by atoms with Gasteiger partial charge in [0.2, 0.25) is 5.75 Å². The molecular formula is C22H20BrN3O4. The van der Waals surface area contributed by atoms with Crippen LogP contribution in [0.25, 0.3) is 11.1 Å². The maximum Gasteiger partial charge on any atom is 0.318 e. The number of fused-ring (bicyclic) bond motifs is 1. The average molecular weight is 470 g/mol. The number of methoxy groups -OCH3 is 1. The van der Waals surface area contributed by atoms with E-state index >= 15 is 0 Å². The van der Waals surface area contributed by atoms with Crippen LogP contribution in [0.1, 0.15) is 22.1 Å². The van der Waals surface area contributed by atoms with Crippen LogP contribution in [0.2, 0.25) is 0 Å². The number of ether oxygens (including phenoxy) is 1. The van der Waals surface area contributed by atoms with Gasteiger partial charge in [0.15, 0.2) is 5.69 Å². The van der Waals surface area contributed by atoms with Crippen LogP contribution in [0.4, 0.5) is 0 Å². The number of carbonyl (C=O) groups is 1. The molecule has 0 saturated carbocycles. The molecular weight excluding hydrogens is 450 g/mol. The van der Waals surface area contributed by atoms with Gasteiger partial charge in [0, 0.05) is 18.1 Å². The minimum absolute atomic E-state index is 0.0117. The highest BCUT2D eigenvalue weighted by Gasteiger charge is 2.35. The van der Waals surface area contributed by atoms with Crippen molar-refractivity contribution < 1.29 is 14.6 Å². The first-order valence-electron chi connectivity index (χ1n) is 9.40. The number of nitrogens with zero attached hydrogens (tertiary/aromatic N) is 3. The van der Waals surface area contributed by atoms with Gasteiger partial charge in [0.1, 0.15) is 0 Å². The molecule has 2 heterocycles. The molecule has 30 heavy (non-hydrogen) atoms. The van der Waals surface area contributed by atoms with Crippen LogP contribution in [0, 0.1) is 0 Å². The number of halogens is 1. The first kappa shape index (κ1) is 20.2. The quantitative estimate of drug-likeness (QED) is 0.633. The van der Waals surface area contributed by atoms with Gasteiger partial charge in [-0.05, 0) is 29.2 Å². The molecule has 1 atom stereocenters. The lowest BCUT2D eigenvalue weighted by molar-refractivity contribution is 0.0697. The SMILES string of the molecule is COc1nc(=O)c(O)c2n1C(Cc1ccccc1-c1ccccc1Br)CN(C)C2=O. The highest BCUT2D eigenvalue weighted by Crippen LogP contribution is 2.35. The summed E-state index contributed by atoms with van der Waals surface area (Å²) in [4.78, 5) is 30.0. The lowest BCUT2D eigenvalue weighted by Crippen LogP contribution is -2.43. The van der Waals surface area contributed by atoms with E-state index in [4.69, 9.17) is 4.74 Å². The highest BCUT2D eigenvalue weighted by molar-refractivity contribution is 9.10. The van der Waals surface area contributed by atoms with Crippen molar-refractivity contribution in [1.29, 1.82) is 0 Å². The molecule has 1 aliphatic rings. The Morgan fingerprint density at radius 1 is 1.13 bits per heavy atom. The monoisotopic (exact) mass is 469 g/mol. The molecule has 0 spiro atoms. The Labute approximate surface area is 181 Å². The predicted molar refractivity (Wildman–Crippen MR) is 116 cm³/mol. The number of aromatic hydroxyl groups is 1. The molecule has 2 aromatic carbocycles. The number of aromatic nitrogens is 2. The van der Waals surface area contributed by atoms with Gasteiger partial charge in [0.25, 0.3) is 5.91 Å². The molecule has 0 saturated heterocycles. The van der Waals surface area contributed by atoms with Gasteiger partial charge >= 0.3 is 11.6 Å². The number of hydrogen-bond donors (Lipinski definition) is 1. The van der Waals surface area contributed by atoms with Crippen LogP contribution in [0.5, 0.6) is 11.8 Å². The first-order chi connectivity index (χ1) is 14.4. The molecule has 7 nitrogen and oxygen atoms in total. The van der Waals surface area contributed by atoms with Gasteiger partial charge in [-0.15, -0.1) is 0 Å². The van der Waals surface area contributed by atoms with E-state index < -0.39 is 17.2 Å². The number of amides is 1. The average Bonchev–Trinajstić information content (AvgIpc) is 2.74. The third-order valence-electron chi connectivity index (χ3n) is 5.29. The summed E-state index contributed by atoms with van der Waals surface area (Å²) in [6.07, 6.45) is 0.544. The molecule has 3 aromatic rings. The Morgan fingerprint density at radius 2 is 1.80 bits per heavy atom. The summed E-state index contributed by atoms with van der Waals surface area (Å²) in [6, 6.07) is 15.7. The molecule has 4 rings (SSSR count). The lowest BCUT2D eigenvalue weighted by atomic mass is 9.94.